The fourth-order valence-corrected chi connectivity index (χ4v) is 3.96. The predicted molar refractivity (Wildman–Crippen MR) is 107 cm³/mol. The summed E-state index contributed by atoms with van der Waals surface area (Å²) in [6.07, 6.45) is 1.69. The highest BCUT2D eigenvalue weighted by molar-refractivity contribution is 6.46. The van der Waals surface area contributed by atoms with Gasteiger partial charge in [-0.25, -0.2) is 0 Å². The standard InChI is InChI=1S/C23H23NO5/c1-28-17-11-9-16(10-12-17)21(25)19-20(15-6-3-2-4-7-15)24(23(27)22(19)26)14-18-8-5-13-29-18/h2-4,6-7,9-12,18,20,25H,5,8,13-14H2,1H3/b21-19+/t18-,20-/m0/s1. The molecule has 0 unspecified atom stereocenters. The van der Waals surface area contributed by atoms with E-state index >= 15 is 0 Å². The molecule has 0 radical (unpaired) electrons. The van der Waals surface area contributed by atoms with E-state index in [0.29, 0.717) is 24.5 Å². The van der Waals surface area contributed by atoms with E-state index in [1.165, 1.54) is 4.90 Å². The minimum Gasteiger partial charge on any atom is -0.507 e. The number of amides is 1. The van der Waals surface area contributed by atoms with Crippen LogP contribution in [0.3, 0.4) is 0 Å². The maximum Gasteiger partial charge on any atom is 0.295 e. The van der Waals surface area contributed by atoms with Crippen molar-refractivity contribution in [3.8, 4) is 5.75 Å². The minimum absolute atomic E-state index is 0.0968. The quantitative estimate of drug-likeness (QED) is 0.479. The van der Waals surface area contributed by atoms with Crippen molar-refractivity contribution in [2.45, 2.75) is 25.0 Å². The first-order chi connectivity index (χ1) is 14.1. The molecule has 2 heterocycles. The molecule has 1 amide bonds. The van der Waals surface area contributed by atoms with Crippen molar-refractivity contribution in [3.05, 3.63) is 71.3 Å². The number of benzene rings is 2. The van der Waals surface area contributed by atoms with Crippen molar-refractivity contribution in [1.29, 1.82) is 0 Å². The highest BCUT2D eigenvalue weighted by atomic mass is 16.5. The topological polar surface area (TPSA) is 76.1 Å². The summed E-state index contributed by atoms with van der Waals surface area (Å²) in [4.78, 5) is 27.3. The van der Waals surface area contributed by atoms with Crippen LogP contribution in [0.2, 0.25) is 0 Å². The van der Waals surface area contributed by atoms with E-state index in [9.17, 15) is 14.7 Å². The molecule has 0 spiro atoms. The Morgan fingerprint density at radius 3 is 2.48 bits per heavy atom. The molecular weight excluding hydrogens is 370 g/mol. The number of nitrogens with zero attached hydrogens (tertiary/aromatic N) is 1. The number of Topliss-reactive ketones (excluding diaryl/α,β-unsaturated/α-hetero) is 1. The second kappa shape index (κ2) is 8.09. The second-order valence-corrected chi connectivity index (χ2v) is 7.23. The number of methoxy groups -OCH3 is 1. The molecule has 6 nitrogen and oxygen atoms in total. The molecule has 0 bridgehead atoms. The molecule has 2 fully saturated rings. The van der Waals surface area contributed by atoms with Crippen LogP contribution < -0.4 is 4.74 Å². The van der Waals surface area contributed by atoms with E-state index in [1.807, 2.05) is 30.3 Å². The van der Waals surface area contributed by atoms with Crippen LogP contribution in [0.5, 0.6) is 5.75 Å². The van der Waals surface area contributed by atoms with Crippen LogP contribution in [0.25, 0.3) is 5.76 Å². The zero-order valence-electron chi connectivity index (χ0n) is 16.2. The Morgan fingerprint density at radius 1 is 1.14 bits per heavy atom. The van der Waals surface area contributed by atoms with Crippen LogP contribution in [-0.4, -0.2) is 48.1 Å². The van der Waals surface area contributed by atoms with Gasteiger partial charge in [0.2, 0.25) is 0 Å². The van der Waals surface area contributed by atoms with Crippen molar-refractivity contribution in [1.82, 2.24) is 4.90 Å². The van der Waals surface area contributed by atoms with Gasteiger partial charge in [-0.3, -0.25) is 9.59 Å². The molecule has 6 heteroatoms. The van der Waals surface area contributed by atoms with E-state index in [-0.39, 0.29) is 17.4 Å². The lowest BCUT2D eigenvalue weighted by Gasteiger charge is -2.27. The van der Waals surface area contributed by atoms with Crippen molar-refractivity contribution in [2.24, 2.45) is 0 Å². The number of carbonyl (C=O) groups excluding carboxylic acids is 2. The van der Waals surface area contributed by atoms with Gasteiger partial charge < -0.3 is 19.5 Å². The molecule has 29 heavy (non-hydrogen) atoms. The van der Waals surface area contributed by atoms with Gasteiger partial charge in [0.25, 0.3) is 11.7 Å². The van der Waals surface area contributed by atoms with Crippen molar-refractivity contribution < 1.29 is 24.2 Å². The molecule has 0 aromatic heterocycles. The monoisotopic (exact) mass is 393 g/mol. The normalized spacial score (nSPS) is 23.6. The molecule has 2 saturated heterocycles. The first-order valence-electron chi connectivity index (χ1n) is 9.69. The lowest BCUT2D eigenvalue weighted by molar-refractivity contribution is -0.140. The van der Waals surface area contributed by atoms with Gasteiger partial charge in [-0.2, -0.15) is 0 Å². The fourth-order valence-electron chi connectivity index (χ4n) is 3.96. The van der Waals surface area contributed by atoms with Gasteiger partial charge >= 0.3 is 0 Å². The summed E-state index contributed by atoms with van der Waals surface area (Å²) in [6, 6.07) is 15.4. The van der Waals surface area contributed by atoms with E-state index < -0.39 is 17.7 Å². The van der Waals surface area contributed by atoms with Crippen LogP contribution in [0.15, 0.2) is 60.2 Å². The average Bonchev–Trinajstić information content (AvgIpc) is 3.36. The van der Waals surface area contributed by atoms with Crippen molar-refractivity contribution >= 4 is 17.4 Å². The van der Waals surface area contributed by atoms with Gasteiger partial charge in [-0.1, -0.05) is 30.3 Å². The zero-order valence-corrected chi connectivity index (χ0v) is 16.2. The van der Waals surface area contributed by atoms with Crippen LogP contribution >= 0.6 is 0 Å². The summed E-state index contributed by atoms with van der Waals surface area (Å²) in [6.45, 7) is 0.986. The number of hydrogen-bond donors (Lipinski definition) is 1. The Balaban J connectivity index is 1.79. The lowest BCUT2D eigenvalue weighted by Crippen LogP contribution is -2.36. The van der Waals surface area contributed by atoms with Crippen LogP contribution in [-0.2, 0) is 14.3 Å². The molecule has 1 N–H and O–H groups in total. The fraction of sp³-hybridized carbons (Fsp3) is 0.304. The summed E-state index contributed by atoms with van der Waals surface area (Å²) < 4.78 is 10.8. The third-order valence-corrected chi connectivity index (χ3v) is 5.44. The predicted octanol–water partition coefficient (Wildman–Crippen LogP) is 3.30. The van der Waals surface area contributed by atoms with E-state index in [1.54, 1.807) is 31.4 Å². The number of ketones is 1. The summed E-state index contributed by atoms with van der Waals surface area (Å²) in [5.41, 5.74) is 1.34. The number of hydrogen-bond acceptors (Lipinski definition) is 5. The third kappa shape index (κ3) is 3.63. The summed E-state index contributed by atoms with van der Waals surface area (Å²) >= 11 is 0. The highest BCUT2D eigenvalue weighted by Crippen LogP contribution is 2.40. The highest BCUT2D eigenvalue weighted by Gasteiger charge is 2.46. The van der Waals surface area contributed by atoms with Gasteiger partial charge in [0.05, 0.1) is 24.8 Å². The summed E-state index contributed by atoms with van der Waals surface area (Å²) in [5, 5.41) is 11.0. The Bertz CT molecular complexity index is 930. The number of carbonyl (C=O) groups is 2. The molecule has 2 aromatic carbocycles. The molecule has 0 aliphatic carbocycles. The largest absolute Gasteiger partial charge is 0.507 e. The van der Waals surface area contributed by atoms with Gasteiger partial charge in [0, 0.05) is 18.7 Å². The first kappa shape index (κ1) is 19.2. The molecule has 2 aliphatic heterocycles. The SMILES string of the molecule is COc1ccc(/C(O)=C2\C(=O)C(=O)N(C[C@@H]3CCCO3)[C@H]2c2ccccc2)cc1. The van der Waals surface area contributed by atoms with Crippen LogP contribution in [0.4, 0.5) is 0 Å². The molecule has 2 aliphatic rings. The summed E-state index contributed by atoms with van der Waals surface area (Å²) in [7, 11) is 1.56. The summed E-state index contributed by atoms with van der Waals surface area (Å²) in [5.74, 6) is -0.829. The zero-order chi connectivity index (χ0) is 20.4. The molecular formula is C23H23NO5. The van der Waals surface area contributed by atoms with Gasteiger partial charge in [-0.15, -0.1) is 0 Å². The maximum absolute atomic E-state index is 12.9. The van der Waals surface area contributed by atoms with Crippen molar-refractivity contribution in [2.75, 3.05) is 20.3 Å². The lowest BCUT2D eigenvalue weighted by atomic mass is 9.95. The first-order valence-corrected chi connectivity index (χ1v) is 9.69. The number of aliphatic hydroxyl groups excluding tert-OH is 1. The minimum atomic E-state index is -0.676. The Hall–Kier alpha value is -3.12. The molecule has 2 aromatic rings. The smallest absolute Gasteiger partial charge is 0.295 e. The number of aliphatic hydroxyl groups is 1. The third-order valence-electron chi connectivity index (χ3n) is 5.44. The molecule has 2 atom stereocenters. The maximum atomic E-state index is 12.9. The molecule has 4 rings (SSSR count). The van der Waals surface area contributed by atoms with Gasteiger partial charge in [-0.05, 0) is 42.7 Å². The Morgan fingerprint density at radius 2 is 1.86 bits per heavy atom. The molecule has 0 saturated carbocycles. The van der Waals surface area contributed by atoms with Gasteiger partial charge in [0.1, 0.15) is 11.5 Å². The number of rotatable bonds is 5. The number of likely N-dealkylation sites (tertiary alicyclic amines) is 1. The second-order valence-electron chi connectivity index (χ2n) is 7.23. The average molecular weight is 393 g/mol. The Kier molecular flexibility index (Phi) is 5.36. The van der Waals surface area contributed by atoms with Crippen LogP contribution in [0, 0.1) is 0 Å². The Labute approximate surface area is 169 Å². The van der Waals surface area contributed by atoms with Crippen molar-refractivity contribution in [3.63, 3.8) is 0 Å². The van der Waals surface area contributed by atoms with Crippen LogP contribution in [0.1, 0.15) is 30.0 Å². The van der Waals surface area contributed by atoms with E-state index in [4.69, 9.17) is 9.47 Å². The van der Waals surface area contributed by atoms with E-state index in [0.717, 1.165) is 18.4 Å². The van der Waals surface area contributed by atoms with E-state index in [2.05, 4.69) is 0 Å². The number of ether oxygens (including phenoxy) is 2. The molecule has 150 valence electrons. The van der Waals surface area contributed by atoms with Gasteiger partial charge in [0.15, 0.2) is 0 Å².